The van der Waals surface area contributed by atoms with Crippen molar-refractivity contribution in [2.24, 2.45) is 0 Å². The fourth-order valence-electron chi connectivity index (χ4n) is 2.45. The van der Waals surface area contributed by atoms with Crippen LogP contribution in [0.25, 0.3) is 0 Å². The van der Waals surface area contributed by atoms with E-state index in [1.807, 2.05) is 13.9 Å². The second kappa shape index (κ2) is 5.08. The summed E-state index contributed by atoms with van der Waals surface area (Å²) in [7, 11) is 4.04. The van der Waals surface area contributed by atoms with Crippen molar-refractivity contribution in [1.29, 1.82) is 0 Å². The van der Waals surface area contributed by atoms with E-state index in [0.29, 0.717) is 6.10 Å². The molecule has 0 bridgehead atoms. The summed E-state index contributed by atoms with van der Waals surface area (Å²) in [6.45, 7) is 11.2. The van der Waals surface area contributed by atoms with Crippen LogP contribution in [-0.2, 0) is 9.53 Å². The van der Waals surface area contributed by atoms with Crippen molar-refractivity contribution < 1.29 is 9.53 Å². The Hall–Kier alpha value is -0.410. The molecule has 0 amide bonds. The van der Waals surface area contributed by atoms with Gasteiger partial charge in [-0.25, -0.2) is 0 Å². The van der Waals surface area contributed by atoms with Crippen molar-refractivity contribution in [2.45, 2.75) is 57.7 Å². The molecule has 0 aromatic heterocycles. The average molecular weight is 215 g/mol. The van der Waals surface area contributed by atoms with Gasteiger partial charge in [0, 0.05) is 18.2 Å². The van der Waals surface area contributed by atoms with Crippen molar-refractivity contribution in [3.8, 4) is 0 Å². The zero-order valence-electron chi connectivity index (χ0n) is 11.0. The van der Waals surface area contributed by atoms with Crippen LogP contribution < -0.4 is 0 Å². The van der Waals surface area contributed by atoms with Crippen molar-refractivity contribution >= 4 is 6.79 Å². The molecule has 0 aliphatic carbocycles. The summed E-state index contributed by atoms with van der Waals surface area (Å²) in [5.41, 5.74) is 0.505. The largest absolute Gasteiger partial charge is 0.381 e. The van der Waals surface area contributed by atoms with Crippen LogP contribution in [0.5, 0.6) is 0 Å². The van der Waals surface area contributed by atoms with E-state index in [2.05, 4.69) is 39.6 Å². The molecule has 90 valence electrons. The van der Waals surface area contributed by atoms with Crippen molar-refractivity contribution in [3.63, 3.8) is 0 Å². The molecule has 1 heterocycles. The molecular formula is C12H25NO2. The second-order valence-electron chi connectivity index (χ2n) is 5.45. The number of carbonyl (C=O) groups excluding carboxylic acids is 1. The van der Waals surface area contributed by atoms with Gasteiger partial charge < -0.3 is 9.53 Å². The average Bonchev–Trinajstić information content (AvgIpc) is 2.16. The van der Waals surface area contributed by atoms with Crippen LogP contribution in [0.1, 0.15) is 40.5 Å². The number of carbonyl (C=O) groups is 1. The second-order valence-corrected chi connectivity index (χ2v) is 5.45. The molecular weight excluding hydrogens is 190 g/mol. The molecule has 1 aliphatic rings. The minimum Gasteiger partial charge on any atom is -0.381 e. The van der Waals surface area contributed by atoms with Crippen LogP contribution in [0, 0.1) is 0 Å². The third-order valence-corrected chi connectivity index (χ3v) is 3.60. The molecule has 15 heavy (non-hydrogen) atoms. The van der Waals surface area contributed by atoms with E-state index in [1.54, 1.807) is 0 Å². The maximum Gasteiger partial charge on any atom is 0.106 e. The topological polar surface area (TPSA) is 29.5 Å². The highest BCUT2D eigenvalue weighted by atomic mass is 16.5. The zero-order valence-corrected chi connectivity index (χ0v) is 11.0. The number of nitrogens with zero attached hydrogens (tertiary/aromatic N) is 1. The first-order valence-electron chi connectivity index (χ1n) is 5.35. The fourth-order valence-corrected chi connectivity index (χ4v) is 2.45. The number of rotatable bonds is 1. The first-order valence-corrected chi connectivity index (χ1v) is 5.35. The van der Waals surface area contributed by atoms with E-state index < -0.39 is 0 Å². The quantitative estimate of drug-likeness (QED) is 0.671. The van der Waals surface area contributed by atoms with Crippen LogP contribution in [0.2, 0.25) is 0 Å². The Morgan fingerprint density at radius 2 is 1.47 bits per heavy atom. The Balaban J connectivity index is 0.000000921. The lowest BCUT2D eigenvalue weighted by atomic mass is 9.79. The number of likely N-dealkylation sites (tertiary alicyclic amines) is 1. The van der Waals surface area contributed by atoms with Crippen LogP contribution in [0.3, 0.4) is 0 Å². The summed E-state index contributed by atoms with van der Waals surface area (Å²) in [6.07, 6.45) is 2.67. The Morgan fingerprint density at radius 3 is 1.73 bits per heavy atom. The van der Waals surface area contributed by atoms with Gasteiger partial charge in [-0.15, -0.1) is 0 Å². The molecule has 0 N–H and O–H groups in total. The van der Waals surface area contributed by atoms with Crippen LogP contribution >= 0.6 is 0 Å². The van der Waals surface area contributed by atoms with E-state index >= 15 is 0 Å². The third-order valence-electron chi connectivity index (χ3n) is 3.60. The molecule has 0 aromatic carbocycles. The van der Waals surface area contributed by atoms with Crippen LogP contribution in [0.4, 0.5) is 0 Å². The molecule has 1 saturated heterocycles. The number of hydrogen-bond acceptors (Lipinski definition) is 3. The van der Waals surface area contributed by atoms with Crippen LogP contribution in [-0.4, -0.2) is 43.0 Å². The van der Waals surface area contributed by atoms with E-state index in [9.17, 15) is 0 Å². The molecule has 0 atom stereocenters. The minimum absolute atomic E-state index is 0.252. The summed E-state index contributed by atoms with van der Waals surface area (Å²) in [6, 6.07) is 0. The lowest BCUT2D eigenvalue weighted by Crippen LogP contribution is -2.60. The summed E-state index contributed by atoms with van der Waals surface area (Å²) in [5, 5.41) is 0. The molecule has 3 nitrogen and oxygen atoms in total. The molecule has 3 heteroatoms. The van der Waals surface area contributed by atoms with E-state index in [-0.39, 0.29) is 11.1 Å². The SMILES string of the molecule is C=O.COC1CC(C)(C)N(C)C(C)(C)C1. The fraction of sp³-hybridized carbons (Fsp3) is 0.917. The van der Waals surface area contributed by atoms with Gasteiger partial charge in [0.15, 0.2) is 0 Å². The van der Waals surface area contributed by atoms with Gasteiger partial charge in [-0.05, 0) is 47.6 Å². The van der Waals surface area contributed by atoms with Gasteiger partial charge in [0.25, 0.3) is 0 Å². The minimum atomic E-state index is 0.252. The highest BCUT2D eigenvalue weighted by molar-refractivity contribution is 5.11. The van der Waals surface area contributed by atoms with Crippen LogP contribution in [0.15, 0.2) is 0 Å². The van der Waals surface area contributed by atoms with E-state index in [0.717, 1.165) is 12.8 Å². The summed E-state index contributed by atoms with van der Waals surface area (Å²) in [4.78, 5) is 10.5. The highest BCUT2D eigenvalue weighted by Crippen LogP contribution is 2.37. The number of ether oxygens (including phenoxy) is 1. The predicted octanol–water partition coefficient (Wildman–Crippen LogP) is 2.10. The Labute approximate surface area is 93.8 Å². The summed E-state index contributed by atoms with van der Waals surface area (Å²) in [5.74, 6) is 0. The summed E-state index contributed by atoms with van der Waals surface area (Å²) >= 11 is 0. The van der Waals surface area contributed by atoms with Gasteiger partial charge in [0.2, 0.25) is 0 Å². The maximum atomic E-state index is 8.00. The van der Waals surface area contributed by atoms with Gasteiger partial charge in [-0.2, -0.15) is 0 Å². The first kappa shape index (κ1) is 14.6. The zero-order chi connectivity index (χ0) is 12.3. The van der Waals surface area contributed by atoms with Gasteiger partial charge in [0.1, 0.15) is 6.79 Å². The standard InChI is InChI=1S/C11H23NO.CH2O/c1-10(2)7-9(13-6)8-11(3,4)12(10)5;1-2/h9H,7-8H2,1-6H3;1H2. The highest BCUT2D eigenvalue weighted by Gasteiger charge is 2.42. The van der Waals surface area contributed by atoms with Crippen molar-refractivity contribution in [1.82, 2.24) is 4.90 Å². The molecule has 0 radical (unpaired) electrons. The Bertz CT molecular complexity index is 184. The summed E-state index contributed by atoms with van der Waals surface area (Å²) < 4.78 is 5.48. The van der Waals surface area contributed by atoms with Crippen molar-refractivity contribution in [2.75, 3.05) is 14.2 Å². The third kappa shape index (κ3) is 3.28. The maximum absolute atomic E-state index is 8.00. The smallest absolute Gasteiger partial charge is 0.106 e. The molecule has 1 fully saturated rings. The molecule has 1 rings (SSSR count). The predicted molar refractivity (Wildman–Crippen MR) is 63.1 cm³/mol. The molecule has 0 saturated carbocycles. The van der Waals surface area contributed by atoms with Gasteiger partial charge in [0.05, 0.1) is 6.10 Å². The first-order chi connectivity index (χ1) is 6.79. The van der Waals surface area contributed by atoms with Gasteiger partial charge in [-0.3, -0.25) is 4.90 Å². The number of methoxy groups -OCH3 is 1. The normalized spacial score (nSPS) is 25.5. The van der Waals surface area contributed by atoms with Gasteiger partial charge in [-0.1, -0.05) is 0 Å². The molecule has 0 spiro atoms. The molecule has 0 unspecified atom stereocenters. The lowest BCUT2D eigenvalue weighted by Gasteiger charge is -2.53. The Kier molecular flexibility index (Phi) is 4.94. The number of hydrogen-bond donors (Lipinski definition) is 0. The molecule has 1 aliphatic heterocycles. The van der Waals surface area contributed by atoms with Gasteiger partial charge >= 0.3 is 0 Å². The van der Waals surface area contributed by atoms with E-state index in [4.69, 9.17) is 9.53 Å². The Morgan fingerprint density at radius 1 is 1.13 bits per heavy atom. The van der Waals surface area contributed by atoms with E-state index in [1.165, 1.54) is 0 Å². The van der Waals surface area contributed by atoms with Crippen molar-refractivity contribution in [3.05, 3.63) is 0 Å². The molecule has 0 aromatic rings. The lowest BCUT2D eigenvalue weighted by molar-refractivity contribution is -0.0980. The number of piperidine rings is 1. The monoisotopic (exact) mass is 215 g/mol.